The third-order valence-electron chi connectivity index (χ3n) is 8.03. The topological polar surface area (TPSA) is 110 Å². The summed E-state index contributed by atoms with van der Waals surface area (Å²) in [6.45, 7) is 0.766. The summed E-state index contributed by atoms with van der Waals surface area (Å²) in [5.74, 6) is 2.89. The van der Waals surface area contributed by atoms with Crippen LogP contribution in [0.1, 0.15) is 33.4 Å². The van der Waals surface area contributed by atoms with Gasteiger partial charge in [-0.25, -0.2) is 9.97 Å². The van der Waals surface area contributed by atoms with Crippen molar-refractivity contribution in [3.05, 3.63) is 196 Å². The van der Waals surface area contributed by atoms with Gasteiger partial charge in [-0.15, -0.1) is 0 Å². The number of ether oxygens (including phenoxy) is 4. The molecule has 13 heteroatoms. The van der Waals surface area contributed by atoms with Crippen molar-refractivity contribution < 1.29 is 18.9 Å². The number of pyridine rings is 2. The van der Waals surface area contributed by atoms with E-state index in [1.165, 1.54) is 0 Å². The van der Waals surface area contributed by atoms with Crippen molar-refractivity contribution in [1.29, 1.82) is 10.5 Å². The predicted octanol–water partition coefficient (Wildman–Crippen LogP) is 13.7. The van der Waals surface area contributed by atoms with Crippen molar-refractivity contribution in [2.75, 3.05) is 0 Å². The van der Waals surface area contributed by atoms with E-state index in [2.05, 4.69) is 76.6 Å². The zero-order chi connectivity index (χ0) is 40.9. The summed E-state index contributed by atoms with van der Waals surface area (Å²) in [6.07, 6.45) is 4.03. The first-order valence-corrected chi connectivity index (χ1v) is 20.8. The molecule has 7 rings (SSSR count). The average molecular weight is 1050 g/mol. The minimum absolute atomic E-state index is 0.375. The third-order valence-corrected chi connectivity index (χ3v) is 10.6. The number of rotatable bonds is 12. The van der Waals surface area contributed by atoms with Crippen LogP contribution in [-0.2, 0) is 19.6 Å². The van der Waals surface area contributed by atoms with Gasteiger partial charge in [0.2, 0.25) is 11.8 Å². The van der Waals surface area contributed by atoms with E-state index >= 15 is 0 Å². The molecular formula is C45H29Br2Cl2IN4O4. The van der Waals surface area contributed by atoms with Crippen molar-refractivity contribution in [2.45, 2.75) is 19.6 Å². The maximum absolute atomic E-state index is 9.28. The Hall–Kier alpha value is -5.15. The predicted molar refractivity (Wildman–Crippen MR) is 240 cm³/mol. The molecular weight excluding hydrogens is 1020 g/mol. The van der Waals surface area contributed by atoms with Gasteiger partial charge < -0.3 is 18.9 Å². The van der Waals surface area contributed by atoms with E-state index in [-0.39, 0.29) is 0 Å². The monoisotopic (exact) mass is 1040 g/mol. The van der Waals surface area contributed by atoms with Crippen LogP contribution in [-0.4, -0.2) is 9.97 Å². The number of aromatic nitrogens is 2. The molecule has 2 aromatic heterocycles. The molecule has 0 aliphatic carbocycles. The van der Waals surface area contributed by atoms with Gasteiger partial charge in [-0.05, 0) is 108 Å². The normalized spacial score (nSPS) is 10.3. The fourth-order valence-corrected chi connectivity index (χ4v) is 7.73. The summed E-state index contributed by atoms with van der Waals surface area (Å²) in [4.78, 5) is 8.83. The fourth-order valence-electron chi connectivity index (χ4n) is 5.33. The second kappa shape index (κ2) is 21.0. The van der Waals surface area contributed by atoms with E-state index in [1.54, 1.807) is 48.8 Å². The number of nitrogens with zero attached hydrogens (tertiary/aromatic N) is 4. The molecule has 0 spiro atoms. The largest absolute Gasteiger partial charge is 0.472 e. The van der Waals surface area contributed by atoms with Gasteiger partial charge in [0.05, 0.1) is 26.8 Å². The fraction of sp³-hybridized carbons (Fsp3) is 0.0667. The number of hydrogen-bond donors (Lipinski definition) is 0. The molecule has 0 saturated carbocycles. The highest BCUT2D eigenvalue weighted by atomic mass is 127. The molecule has 288 valence electrons. The summed E-state index contributed by atoms with van der Waals surface area (Å²) < 4.78 is 25.9. The van der Waals surface area contributed by atoms with Crippen LogP contribution in [0.15, 0.2) is 149 Å². The summed E-state index contributed by atoms with van der Waals surface area (Å²) in [5, 5.41) is 19.2. The first-order chi connectivity index (χ1) is 28.2. The SMILES string of the molecule is N#Cc1cc(Cl)cc(Oc2c(Cc3ccccc3)cnc(OCc3ccccc3)c2Br)c1.N#Cc1cc(Cl)cc(Oc2c(I)cnc(OCc3ccccc3)c2Br)c1. The summed E-state index contributed by atoms with van der Waals surface area (Å²) in [5.41, 5.74) is 4.90. The summed E-state index contributed by atoms with van der Waals surface area (Å²) >= 11 is 21.5. The van der Waals surface area contributed by atoms with E-state index < -0.39 is 0 Å². The van der Waals surface area contributed by atoms with Crippen molar-refractivity contribution >= 4 is 77.7 Å². The molecule has 0 N–H and O–H groups in total. The van der Waals surface area contributed by atoms with Gasteiger partial charge in [0, 0.05) is 34.4 Å². The zero-order valence-corrected chi connectivity index (χ0v) is 37.1. The smallest absolute Gasteiger partial charge is 0.232 e. The van der Waals surface area contributed by atoms with Gasteiger partial charge >= 0.3 is 0 Å². The maximum atomic E-state index is 9.28. The highest BCUT2D eigenvalue weighted by Crippen LogP contribution is 2.41. The van der Waals surface area contributed by atoms with Crippen molar-refractivity contribution in [3.63, 3.8) is 0 Å². The average Bonchev–Trinajstić information content (AvgIpc) is 3.24. The van der Waals surface area contributed by atoms with Crippen LogP contribution in [0, 0.1) is 26.2 Å². The van der Waals surface area contributed by atoms with E-state index in [0.717, 1.165) is 25.8 Å². The lowest BCUT2D eigenvalue weighted by molar-refractivity contribution is 0.289. The van der Waals surface area contributed by atoms with Crippen molar-refractivity contribution in [2.24, 2.45) is 0 Å². The Morgan fingerprint density at radius 2 is 1.00 bits per heavy atom. The first-order valence-electron chi connectivity index (χ1n) is 17.3. The van der Waals surface area contributed by atoms with Gasteiger partial charge in [-0.1, -0.05) is 114 Å². The zero-order valence-electron chi connectivity index (χ0n) is 30.2. The van der Waals surface area contributed by atoms with Gasteiger partial charge in [0.15, 0.2) is 11.5 Å². The van der Waals surface area contributed by atoms with Crippen LogP contribution in [0.2, 0.25) is 10.0 Å². The number of nitriles is 2. The molecule has 7 aromatic rings. The second-order valence-corrected chi connectivity index (χ2v) is 15.9. The lowest BCUT2D eigenvalue weighted by Crippen LogP contribution is -2.02. The van der Waals surface area contributed by atoms with Crippen LogP contribution in [0.25, 0.3) is 0 Å². The number of benzene rings is 5. The molecule has 0 aliphatic heterocycles. The van der Waals surface area contributed by atoms with Gasteiger partial charge in [0.25, 0.3) is 0 Å². The molecule has 0 atom stereocenters. The van der Waals surface area contributed by atoms with E-state index in [9.17, 15) is 5.26 Å². The molecule has 2 heterocycles. The van der Waals surface area contributed by atoms with Crippen LogP contribution in [0.4, 0.5) is 0 Å². The van der Waals surface area contributed by atoms with Crippen LogP contribution < -0.4 is 18.9 Å². The van der Waals surface area contributed by atoms with Crippen molar-refractivity contribution in [1.82, 2.24) is 9.97 Å². The molecule has 0 bridgehead atoms. The number of hydrogen-bond acceptors (Lipinski definition) is 8. The van der Waals surface area contributed by atoms with E-state index in [1.807, 2.05) is 91.0 Å². The summed E-state index contributed by atoms with van der Waals surface area (Å²) in [6, 6.07) is 43.7. The minimum Gasteiger partial charge on any atom is -0.472 e. The van der Waals surface area contributed by atoms with Gasteiger partial charge in [-0.3, -0.25) is 0 Å². The first kappa shape index (κ1) is 42.5. The Labute approximate surface area is 376 Å². The molecule has 8 nitrogen and oxygen atoms in total. The Morgan fingerprint density at radius 1 is 0.569 bits per heavy atom. The van der Waals surface area contributed by atoms with E-state index in [0.29, 0.717) is 84.5 Å². The van der Waals surface area contributed by atoms with E-state index in [4.69, 9.17) is 47.4 Å². The third kappa shape index (κ3) is 11.9. The quantitative estimate of drug-likeness (QED) is 0.111. The molecule has 0 unspecified atom stereocenters. The van der Waals surface area contributed by atoms with Gasteiger partial charge in [0.1, 0.15) is 33.7 Å². The maximum Gasteiger partial charge on any atom is 0.232 e. The van der Waals surface area contributed by atoms with Crippen LogP contribution in [0.5, 0.6) is 34.8 Å². The van der Waals surface area contributed by atoms with Crippen LogP contribution >= 0.6 is 77.7 Å². The molecule has 5 aromatic carbocycles. The van der Waals surface area contributed by atoms with Crippen molar-refractivity contribution in [3.8, 4) is 46.9 Å². The molecule has 0 fully saturated rings. The Morgan fingerprint density at radius 3 is 1.48 bits per heavy atom. The lowest BCUT2D eigenvalue weighted by atomic mass is 10.1. The Kier molecular flexibility index (Phi) is 15.4. The number of halogens is 5. The van der Waals surface area contributed by atoms with Gasteiger partial charge in [-0.2, -0.15) is 10.5 Å². The standard InChI is InChI=1S/C26H18BrClN2O2.C19H11BrClIN2O2/c27-24-25(32-23-13-20(15-29)12-22(28)14-23)21(11-18-7-3-1-4-8-18)16-30-26(24)31-17-19-9-5-2-6-10-19;20-17-18(26-15-7-13(9-23)6-14(21)8-15)16(22)10-24-19(17)25-11-12-4-2-1-3-5-12/h1-10,12-14,16H,11,17H2;1-8,10H,11H2. The molecule has 58 heavy (non-hydrogen) atoms. The minimum atomic E-state index is 0.375. The molecule has 0 radical (unpaired) electrons. The Balaban J connectivity index is 0.000000200. The molecule has 0 aliphatic rings. The highest BCUT2D eigenvalue weighted by molar-refractivity contribution is 14.1. The lowest BCUT2D eigenvalue weighted by Gasteiger charge is -2.16. The Bertz CT molecular complexity index is 2590. The second-order valence-electron chi connectivity index (χ2n) is 12.3. The summed E-state index contributed by atoms with van der Waals surface area (Å²) in [7, 11) is 0. The molecule has 0 saturated heterocycles. The molecule has 0 amide bonds. The van der Waals surface area contributed by atoms with Crippen LogP contribution in [0.3, 0.4) is 0 Å². The highest BCUT2D eigenvalue weighted by Gasteiger charge is 2.19.